The van der Waals surface area contributed by atoms with E-state index in [1.54, 1.807) is 20.8 Å². The van der Waals surface area contributed by atoms with Crippen molar-refractivity contribution in [2.45, 2.75) is 58.7 Å². The molecule has 1 aliphatic carbocycles. The molecule has 3 heterocycles. The number of carbonyl (C=O) groups excluding carboxylic acids is 1. The second-order valence-corrected chi connectivity index (χ2v) is 10.5. The molecule has 0 atom stereocenters. The van der Waals surface area contributed by atoms with Crippen LogP contribution in [0.25, 0.3) is 11.4 Å². The van der Waals surface area contributed by atoms with E-state index in [9.17, 15) is 18.7 Å². The number of pyridine rings is 2. The molecule has 12 heteroatoms. The van der Waals surface area contributed by atoms with Crippen LogP contribution in [0.4, 0.5) is 18.9 Å². The highest BCUT2D eigenvalue weighted by Crippen LogP contribution is 2.43. The second-order valence-electron chi connectivity index (χ2n) is 9.88. The summed E-state index contributed by atoms with van der Waals surface area (Å²) in [4.78, 5) is 29.9. The minimum Gasteiger partial charge on any atom is -0.486 e. The number of anilines is 1. The molecule has 3 aromatic rings. The summed E-state index contributed by atoms with van der Waals surface area (Å²) in [6, 6.07) is 2.20. The molecule has 0 bridgehead atoms. The third kappa shape index (κ3) is 6.31. The summed E-state index contributed by atoms with van der Waals surface area (Å²) < 4.78 is 48.7. The average Bonchev–Trinajstić information content (AvgIpc) is 2.88. The summed E-state index contributed by atoms with van der Waals surface area (Å²) >= 11 is 6.17. The summed E-state index contributed by atoms with van der Waals surface area (Å²) in [5.74, 6) is -2.00. The van der Waals surface area contributed by atoms with Crippen molar-refractivity contribution < 1.29 is 27.8 Å². The summed E-state index contributed by atoms with van der Waals surface area (Å²) in [6.45, 7) is 6.03. The predicted molar refractivity (Wildman–Crippen MR) is 142 cm³/mol. The van der Waals surface area contributed by atoms with Crippen LogP contribution >= 0.6 is 11.6 Å². The molecule has 8 nitrogen and oxygen atoms in total. The molecule has 1 fully saturated rings. The molecule has 1 saturated carbocycles. The molecule has 0 aliphatic heterocycles. The van der Waals surface area contributed by atoms with E-state index < -0.39 is 23.1 Å². The zero-order valence-electron chi connectivity index (χ0n) is 22.3. The lowest BCUT2D eigenvalue weighted by molar-refractivity contribution is -0.107. The summed E-state index contributed by atoms with van der Waals surface area (Å²) in [5.41, 5.74) is -0.218. The number of ether oxygens (including phenoxy) is 1. The normalized spacial score (nSPS) is 19.5. The molecule has 1 amide bonds. The number of amides is 1. The number of rotatable bonds is 9. The Hall–Kier alpha value is -3.83. The maximum atomic E-state index is 16.0. The number of hydrogen-bond acceptors (Lipinski definition) is 7. The van der Waals surface area contributed by atoms with Crippen LogP contribution in [0.1, 0.15) is 56.6 Å². The fourth-order valence-electron chi connectivity index (χ4n) is 4.43. The van der Waals surface area contributed by atoms with Crippen molar-refractivity contribution in [2.24, 2.45) is 0 Å². The first-order valence-corrected chi connectivity index (χ1v) is 12.7. The van der Waals surface area contributed by atoms with Crippen LogP contribution in [-0.4, -0.2) is 37.1 Å². The molecule has 40 heavy (non-hydrogen) atoms. The molecule has 0 unspecified atom stereocenters. The highest BCUT2D eigenvalue weighted by Gasteiger charge is 2.40. The largest absolute Gasteiger partial charge is 0.486 e. The predicted octanol–water partition coefficient (Wildman–Crippen LogP) is 5.84. The Labute approximate surface area is 234 Å². The standard InChI is InChI=1S/C28H27ClF3N5O3/c1-15-11-35-25(21-5-6-33-27(36-21)18-9-28(4,39)10-18)24(32)26(15)37(14-38)16(2)7-23(17(3)29)40-13-22-20(31)8-19(30)12-34-22/h5-8,11-12,14,18,39H,9-10,13H2,1-4H3/b16-7-,23-17-. The Morgan fingerprint density at radius 2 is 1.95 bits per heavy atom. The molecule has 0 saturated heterocycles. The number of hydrogen-bond donors (Lipinski definition) is 1. The number of aliphatic hydroxyl groups is 1. The Morgan fingerprint density at radius 3 is 2.58 bits per heavy atom. The molecule has 210 valence electrons. The van der Waals surface area contributed by atoms with Crippen LogP contribution in [0.5, 0.6) is 0 Å². The van der Waals surface area contributed by atoms with Crippen molar-refractivity contribution in [3.05, 3.63) is 87.8 Å². The van der Waals surface area contributed by atoms with Crippen molar-refractivity contribution in [3.63, 3.8) is 0 Å². The van der Waals surface area contributed by atoms with Crippen LogP contribution in [-0.2, 0) is 16.1 Å². The number of nitrogens with zero attached hydrogens (tertiary/aromatic N) is 5. The van der Waals surface area contributed by atoms with Gasteiger partial charge >= 0.3 is 0 Å². The van der Waals surface area contributed by atoms with E-state index in [0.29, 0.717) is 36.7 Å². The van der Waals surface area contributed by atoms with Crippen molar-refractivity contribution in [3.8, 4) is 11.4 Å². The first-order valence-electron chi connectivity index (χ1n) is 12.3. The Balaban J connectivity index is 1.63. The van der Waals surface area contributed by atoms with Gasteiger partial charge in [-0.25, -0.2) is 23.1 Å². The number of allylic oxidation sites excluding steroid dienone is 3. The van der Waals surface area contributed by atoms with Gasteiger partial charge in [-0.3, -0.25) is 19.7 Å². The zero-order valence-corrected chi connectivity index (χ0v) is 23.0. The van der Waals surface area contributed by atoms with Crippen LogP contribution in [0.15, 0.2) is 53.3 Å². The van der Waals surface area contributed by atoms with Gasteiger partial charge in [-0.2, -0.15) is 0 Å². The lowest BCUT2D eigenvalue weighted by atomic mass is 9.72. The van der Waals surface area contributed by atoms with Crippen molar-refractivity contribution >= 4 is 23.7 Å². The van der Waals surface area contributed by atoms with E-state index in [0.717, 1.165) is 11.1 Å². The maximum Gasteiger partial charge on any atom is 0.218 e. The van der Waals surface area contributed by atoms with E-state index in [-0.39, 0.29) is 51.8 Å². The van der Waals surface area contributed by atoms with Crippen LogP contribution in [0, 0.1) is 24.4 Å². The number of halogens is 4. The van der Waals surface area contributed by atoms with Gasteiger partial charge in [0.2, 0.25) is 6.41 Å². The highest BCUT2D eigenvalue weighted by atomic mass is 35.5. The third-order valence-electron chi connectivity index (χ3n) is 6.49. The molecule has 0 aromatic carbocycles. The average molecular weight is 574 g/mol. The molecule has 4 rings (SSSR count). The smallest absolute Gasteiger partial charge is 0.218 e. The van der Waals surface area contributed by atoms with Crippen LogP contribution in [0.3, 0.4) is 0 Å². The number of carbonyl (C=O) groups is 1. The van der Waals surface area contributed by atoms with Crippen LogP contribution in [0.2, 0.25) is 0 Å². The second kappa shape index (κ2) is 11.7. The quantitative estimate of drug-likeness (QED) is 0.195. The molecule has 0 spiro atoms. The lowest BCUT2D eigenvalue weighted by Gasteiger charge is -2.39. The van der Waals surface area contributed by atoms with Gasteiger partial charge in [0.25, 0.3) is 0 Å². The number of aromatic nitrogens is 4. The maximum absolute atomic E-state index is 16.0. The molecule has 1 N–H and O–H groups in total. The molecule has 3 aromatic heterocycles. The van der Waals surface area contributed by atoms with E-state index >= 15 is 4.39 Å². The van der Waals surface area contributed by atoms with Crippen LogP contribution < -0.4 is 4.90 Å². The van der Waals surface area contributed by atoms with Gasteiger partial charge in [-0.1, -0.05) is 11.6 Å². The molecule has 1 aliphatic rings. The van der Waals surface area contributed by atoms with Gasteiger partial charge in [-0.05, 0) is 52.2 Å². The third-order valence-corrected chi connectivity index (χ3v) is 6.67. The minimum atomic E-state index is -0.889. The first kappa shape index (κ1) is 29.2. The lowest BCUT2D eigenvalue weighted by Crippen LogP contribution is -2.39. The first-order chi connectivity index (χ1) is 18.9. The monoisotopic (exact) mass is 573 g/mol. The van der Waals surface area contributed by atoms with E-state index in [1.807, 2.05) is 0 Å². The minimum absolute atomic E-state index is 0.0535. The van der Waals surface area contributed by atoms with Gasteiger partial charge in [0, 0.05) is 36.2 Å². The Kier molecular flexibility index (Phi) is 8.55. The zero-order chi connectivity index (χ0) is 29.2. The van der Waals surface area contributed by atoms with Crippen molar-refractivity contribution in [1.29, 1.82) is 0 Å². The number of aryl methyl sites for hydroxylation is 1. The highest BCUT2D eigenvalue weighted by molar-refractivity contribution is 6.29. The van der Waals surface area contributed by atoms with Gasteiger partial charge in [-0.15, -0.1) is 0 Å². The van der Waals surface area contributed by atoms with E-state index in [4.69, 9.17) is 16.3 Å². The SMILES string of the molecule is C/C(=C/C(OCc1ncc(F)cc1F)=C(\C)Cl)N(C=O)c1c(C)cnc(-c2ccnc(C3CC(C)(O)C3)n2)c1F. The van der Waals surface area contributed by atoms with Gasteiger partial charge in [0.1, 0.15) is 35.4 Å². The van der Waals surface area contributed by atoms with E-state index in [2.05, 4.69) is 19.9 Å². The Morgan fingerprint density at radius 1 is 1.23 bits per heavy atom. The molecule has 0 radical (unpaired) electrons. The molecular formula is C28H27ClF3N5O3. The molecular weight excluding hydrogens is 547 g/mol. The van der Waals surface area contributed by atoms with Crippen molar-refractivity contribution in [2.75, 3.05) is 4.90 Å². The summed E-state index contributed by atoms with van der Waals surface area (Å²) in [7, 11) is 0. The fraction of sp³-hybridized carbons (Fsp3) is 0.321. The summed E-state index contributed by atoms with van der Waals surface area (Å²) in [6.07, 6.45) is 6.61. The summed E-state index contributed by atoms with van der Waals surface area (Å²) in [5, 5.41) is 10.2. The van der Waals surface area contributed by atoms with Crippen molar-refractivity contribution in [1.82, 2.24) is 19.9 Å². The Bertz CT molecular complexity index is 1500. The van der Waals surface area contributed by atoms with Gasteiger partial charge < -0.3 is 9.84 Å². The van der Waals surface area contributed by atoms with Gasteiger partial charge in [0.15, 0.2) is 11.6 Å². The van der Waals surface area contributed by atoms with E-state index in [1.165, 1.54) is 31.5 Å². The van der Waals surface area contributed by atoms with Gasteiger partial charge in [0.05, 0.1) is 28.2 Å². The fourth-order valence-corrected chi connectivity index (χ4v) is 4.54. The topological polar surface area (TPSA) is 101 Å².